The summed E-state index contributed by atoms with van der Waals surface area (Å²) >= 11 is 0. The van der Waals surface area contributed by atoms with Crippen molar-refractivity contribution in [1.82, 2.24) is 24.6 Å². The molecule has 0 unspecified atom stereocenters. The Kier molecular flexibility index (Phi) is 9.13. The zero-order chi connectivity index (χ0) is 34.0. The number of aromatic nitrogens is 4. The first-order chi connectivity index (χ1) is 23.1. The van der Waals surface area contributed by atoms with Gasteiger partial charge in [0.2, 0.25) is 0 Å². The summed E-state index contributed by atoms with van der Waals surface area (Å²) in [5, 5.41) is 39.9. The monoisotopic (exact) mass is 655 g/mol. The van der Waals surface area contributed by atoms with Gasteiger partial charge in [-0.25, -0.2) is 4.98 Å². The van der Waals surface area contributed by atoms with E-state index in [9.17, 15) is 28.3 Å². The Morgan fingerprint density at radius 3 is 2.62 bits per heavy atom. The maximum Gasteiger partial charge on any atom is 0.416 e. The second-order valence-electron chi connectivity index (χ2n) is 11.9. The number of nitriles is 2. The molecule has 2 aromatic carbocycles. The van der Waals surface area contributed by atoms with Gasteiger partial charge in [0.15, 0.2) is 5.82 Å². The Morgan fingerprint density at radius 1 is 1.08 bits per heavy atom. The van der Waals surface area contributed by atoms with Crippen molar-refractivity contribution in [2.24, 2.45) is 7.05 Å². The number of alkyl halides is 3. The number of rotatable bonds is 9. The predicted molar refractivity (Wildman–Crippen MR) is 170 cm³/mol. The van der Waals surface area contributed by atoms with Gasteiger partial charge in [0.1, 0.15) is 18.0 Å². The number of hydrogen-bond donors (Lipinski definition) is 2. The van der Waals surface area contributed by atoms with E-state index in [-0.39, 0.29) is 55.6 Å². The van der Waals surface area contributed by atoms with E-state index < -0.39 is 17.6 Å². The summed E-state index contributed by atoms with van der Waals surface area (Å²) in [7, 11) is 1.77. The van der Waals surface area contributed by atoms with Crippen LogP contribution in [0.1, 0.15) is 58.3 Å². The minimum absolute atomic E-state index is 0.0465. The first-order valence-corrected chi connectivity index (χ1v) is 15.5. The average molecular weight is 656 g/mol. The largest absolute Gasteiger partial charge is 0.416 e. The van der Waals surface area contributed by atoms with Crippen LogP contribution in [0.25, 0.3) is 22.5 Å². The normalized spacial score (nSPS) is 16.4. The van der Waals surface area contributed by atoms with Gasteiger partial charge in [-0.05, 0) is 84.1 Å². The number of nitrogens with zero attached hydrogens (tertiary/aromatic N) is 8. The number of piperidine rings is 1. The first-order valence-electron chi connectivity index (χ1n) is 15.5. The second kappa shape index (κ2) is 13.4. The summed E-state index contributed by atoms with van der Waals surface area (Å²) in [5.41, 5.74) is 1.37. The predicted octanol–water partition coefficient (Wildman–Crippen LogP) is 5.27. The highest BCUT2D eigenvalue weighted by Gasteiger charge is 2.41. The van der Waals surface area contributed by atoms with Crippen molar-refractivity contribution in [2.75, 3.05) is 29.9 Å². The molecule has 4 aromatic rings. The SMILES string of the molecule is Cn1cnnc1-c1ccc(C#N)cc1-c1cc(NCCC#N)nc(N2Cc3c(cc(CN4CCCC[C@@H]4CO)cc3C(F)(F)F)C2=O)c1. The first kappa shape index (κ1) is 32.6. The van der Waals surface area contributed by atoms with Crippen LogP contribution in [0.2, 0.25) is 0 Å². The molecule has 1 saturated heterocycles. The van der Waals surface area contributed by atoms with Gasteiger partial charge in [-0.15, -0.1) is 10.2 Å². The summed E-state index contributed by atoms with van der Waals surface area (Å²) in [6.45, 7) is 0.615. The van der Waals surface area contributed by atoms with Crippen LogP contribution in [0.5, 0.6) is 0 Å². The maximum absolute atomic E-state index is 14.5. The highest BCUT2D eigenvalue weighted by Crippen LogP contribution is 2.41. The number of amides is 1. The Morgan fingerprint density at radius 2 is 1.92 bits per heavy atom. The molecule has 2 aliphatic heterocycles. The minimum Gasteiger partial charge on any atom is -0.395 e. The number of pyridine rings is 1. The number of aliphatic hydroxyl groups excluding tert-OH is 1. The van der Waals surface area contributed by atoms with E-state index in [1.54, 1.807) is 41.9 Å². The van der Waals surface area contributed by atoms with Gasteiger partial charge in [0.05, 0.1) is 42.8 Å². The minimum atomic E-state index is -4.71. The summed E-state index contributed by atoms with van der Waals surface area (Å²) < 4.78 is 45.3. The van der Waals surface area contributed by atoms with Gasteiger partial charge in [-0.2, -0.15) is 23.7 Å². The summed E-state index contributed by atoms with van der Waals surface area (Å²) in [6.07, 6.45) is -0.448. The Bertz CT molecular complexity index is 1940. The van der Waals surface area contributed by atoms with Crippen molar-refractivity contribution >= 4 is 17.5 Å². The summed E-state index contributed by atoms with van der Waals surface area (Å²) in [5.74, 6) is 0.285. The number of likely N-dealkylation sites (tertiary alicyclic amines) is 1. The average Bonchev–Trinajstić information content (AvgIpc) is 3.66. The Balaban J connectivity index is 1.44. The molecule has 1 atom stereocenters. The molecule has 6 rings (SSSR count). The Hall–Kier alpha value is -5.31. The van der Waals surface area contributed by atoms with E-state index in [4.69, 9.17) is 5.26 Å². The molecule has 2 aliphatic rings. The van der Waals surface area contributed by atoms with Crippen LogP contribution in [0.4, 0.5) is 24.8 Å². The summed E-state index contributed by atoms with van der Waals surface area (Å²) in [4.78, 5) is 21.8. The fraction of sp³-hybridized carbons (Fsp3) is 0.353. The van der Waals surface area contributed by atoms with Crippen molar-refractivity contribution in [3.8, 4) is 34.7 Å². The number of anilines is 2. The lowest BCUT2D eigenvalue weighted by atomic mass is 9.97. The standard InChI is InChI=1S/C34H32F3N9O2/c1-44-20-41-43-32(44)25-7-6-21(16-39)11-26(25)23-14-30(40-9-4-8-38)42-31(15-23)46-18-28-27(33(46)48)12-22(13-29(28)34(35,36)37)17-45-10-3-2-5-24(45)19-47/h6-7,11-15,20,24,47H,2-5,9-10,17-19H2,1H3,(H,40,42)/t24-/m1/s1. The van der Waals surface area contributed by atoms with Gasteiger partial charge in [-0.3, -0.25) is 14.6 Å². The third-order valence-corrected chi connectivity index (χ3v) is 8.80. The van der Waals surface area contributed by atoms with E-state index in [0.29, 0.717) is 46.0 Å². The number of benzene rings is 2. The number of aliphatic hydroxyl groups is 1. The number of carbonyl (C=O) groups excluding carboxylic acids is 1. The van der Waals surface area contributed by atoms with Crippen LogP contribution in [-0.4, -0.2) is 61.4 Å². The lowest BCUT2D eigenvalue weighted by Crippen LogP contribution is -2.41. The fourth-order valence-corrected chi connectivity index (χ4v) is 6.43. The van der Waals surface area contributed by atoms with Crippen LogP contribution in [-0.2, 0) is 26.3 Å². The molecule has 0 spiro atoms. The molecular weight excluding hydrogens is 623 g/mol. The highest BCUT2D eigenvalue weighted by atomic mass is 19.4. The maximum atomic E-state index is 14.5. The number of carbonyl (C=O) groups is 1. The zero-order valence-electron chi connectivity index (χ0n) is 26.1. The molecule has 1 fully saturated rings. The molecule has 0 aliphatic carbocycles. The molecule has 1 amide bonds. The van der Waals surface area contributed by atoms with E-state index in [1.807, 2.05) is 4.90 Å². The van der Waals surface area contributed by atoms with Crippen LogP contribution in [0.15, 0.2) is 48.8 Å². The lowest BCUT2D eigenvalue weighted by Gasteiger charge is -2.34. The van der Waals surface area contributed by atoms with Gasteiger partial charge >= 0.3 is 6.18 Å². The van der Waals surface area contributed by atoms with Gasteiger partial charge < -0.3 is 15.0 Å². The van der Waals surface area contributed by atoms with Crippen molar-refractivity contribution in [3.63, 3.8) is 0 Å². The van der Waals surface area contributed by atoms with Crippen LogP contribution in [0, 0.1) is 22.7 Å². The molecule has 0 bridgehead atoms. The van der Waals surface area contributed by atoms with E-state index in [0.717, 1.165) is 25.3 Å². The van der Waals surface area contributed by atoms with Gasteiger partial charge in [0.25, 0.3) is 5.91 Å². The van der Waals surface area contributed by atoms with Crippen molar-refractivity contribution in [2.45, 2.75) is 51.0 Å². The molecule has 11 nitrogen and oxygen atoms in total. The number of aryl methyl sites for hydroxylation is 1. The molecule has 2 aromatic heterocycles. The quantitative estimate of drug-likeness (QED) is 0.230. The van der Waals surface area contributed by atoms with Crippen LogP contribution in [0.3, 0.4) is 0 Å². The van der Waals surface area contributed by atoms with Crippen molar-refractivity contribution < 1.29 is 23.1 Å². The third kappa shape index (κ3) is 6.45. The highest BCUT2D eigenvalue weighted by molar-refractivity contribution is 6.10. The molecule has 4 heterocycles. The van der Waals surface area contributed by atoms with Crippen molar-refractivity contribution in [3.05, 3.63) is 76.6 Å². The molecule has 246 valence electrons. The third-order valence-electron chi connectivity index (χ3n) is 8.80. The van der Waals surface area contributed by atoms with E-state index in [1.165, 1.54) is 17.3 Å². The summed E-state index contributed by atoms with van der Waals surface area (Å²) in [6, 6.07) is 15.0. The fourth-order valence-electron chi connectivity index (χ4n) is 6.43. The van der Waals surface area contributed by atoms with Crippen LogP contribution >= 0.6 is 0 Å². The number of halogens is 3. The van der Waals surface area contributed by atoms with Crippen molar-refractivity contribution in [1.29, 1.82) is 10.5 Å². The zero-order valence-corrected chi connectivity index (χ0v) is 26.1. The molecule has 0 saturated carbocycles. The molecule has 2 N–H and O–H groups in total. The second-order valence-corrected chi connectivity index (χ2v) is 11.9. The molecule has 0 radical (unpaired) electrons. The number of nitrogens with one attached hydrogen (secondary N) is 1. The molecule has 14 heteroatoms. The Labute approximate surface area is 274 Å². The molecule has 48 heavy (non-hydrogen) atoms. The lowest BCUT2D eigenvalue weighted by molar-refractivity contribution is -0.138. The number of fused-ring (bicyclic) bond motifs is 1. The van der Waals surface area contributed by atoms with E-state index >= 15 is 0 Å². The van der Waals surface area contributed by atoms with Crippen LogP contribution < -0.4 is 10.2 Å². The topological polar surface area (TPSA) is 147 Å². The smallest absolute Gasteiger partial charge is 0.395 e. The van der Waals surface area contributed by atoms with Gasteiger partial charge in [0, 0.05) is 37.3 Å². The molecular formula is C34H32F3N9O2. The van der Waals surface area contributed by atoms with E-state index in [2.05, 4.69) is 32.6 Å². The number of hydrogen-bond acceptors (Lipinski definition) is 9. The van der Waals surface area contributed by atoms with Gasteiger partial charge in [-0.1, -0.05) is 6.42 Å².